The number of hydrogen-bond donors (Lipinski definition) is 0. The molecule has 6 heteroatoms. The standard InChI is InChI=1S/C12H9N3O3/c16-15(17)12-7-6-11(18-12)9-14-13-8-10-4-2-1-3-5-10/h1-9H. The molecule has 0 fully saturated rings. The zero-order chi connectivity index (χ0) is 12.8. The first kappa shape index (κ1) is 11.7. The molecular formula is C12H9N3O3. The highest BCUT2D eigenvalue weighted by Crippen LogP contribution is 2.13. The van der Waals surface area contributed by atoms with Gasteiger partial charge < -0.3 is 4.42 Å². The average molecular weight is 243 g/mol. The molecule has 0 radical (unpaired) electrons. The molecule has 1 aromatic carbocycles. The molecule has 1 heterocycles. The predicted octanol–water partition coefficient (Wildman–Crippen LogP) is 2.64. The highest BCUT2D eigenvalue weighted by molar-refractivity contribution is 5.81. The Bertz CT molecular complexity index is 588. The van der Waals surface area contributed by atoms with Crippen molar-refractivity contribution < 1.29 is 9.34 Å². The minimum Gasteiger partial charge on any atom is -0.400 e. The third kappa shape index (κ3) is 3.11. The van der Waals surface area contributed by atoms with Crippen molar-refractivity contribution in [1.82, 2.24) is 0 Å². The van der Waals surface area contributed by atoms with Crippen LogP contribution in [0.1, 0.15) is 11.3 Å². The van der Waals surface area contributed by atoms with Crippen molar-refractivity contribution >= 4 is 18.3 Å². The van der Waals surface area contributed by atoms with E-state index in [0.29, 0.717) is 0 Å². The van der Waals surface area contributed by atoms with E-state index in [1.807, 2.05) is 30.3 Å². The second-order valence-electron chi connectivity index (χ2n) is 3.33. The quantitative estimate of drug-likeness (QED) is 0.470. The lowest BCUT2D eigenvalue weighted by atomic mass is 10.2. The fraction of sp³-hybridized carbons (Fsp3) is 0. The van der Waals surface area contributed by atoms with Crippen LogP contribution in [-0.2, 0) is 0 Å². The van der Waals surface area contributed by atoms with Gasteiger partial charge in [0, 0.05) is 0 Å². The zero-order valence-electron chi connectivity index (χ0n) is 9.26. The lowest BCUT2D eigenvalue weighted by molar-refractivity contribution is -0.402. The summed E-state index contributed by atoms with van der Waals surface area (Å²) in [5.41, 5.74) is 0.917. The Morgan fingerprint density at radius 2 is 1.78 bits per heavy atom. The molecule has 0 aliphatic rings. The Kier molecular flexibility index (Phi) is 3.60. The number of benzene rings is 1. The summed E-state index contributed by atoms with van der Waals surface area (Å²) in [5.74, 6) is -0.0320. The number of furan rings is 1. The summed E-state index contributed by atoms with van der Waals surface area (Å²) in [7, 11) is 0. The van der Waals surface area contributed by atoms with Crippen LogP contribution in [0.15, 0.2) is 57.1 Å². The maximum atomic E-state index is 10.4. The Balaban J connectivity index is 1.99. The molecule has 0 spiro atoms. The lowest BCUT2D eigenvalue weighted by Crippen LogP contribution is -1.83. The summed E-state index contributed by atoms with van der Waals surface area (Å²) in [6.07, 6.45) is 2.89. The van der Waals surface area contributed by atoms with E-state index in [2.05, 4.69) is 10.2 Å². The largest absolute Gasteiger partial charge is 0.433 e. The fourth-order valence-electron chi connectivity index (χ4n) is 1.24. The normalized spacial score (nSPS) is 11.3. The molecular weight excluding hydrogens is 234 g/mol. The molecule has 0 unspecified atom stereocenters. The SMILES string of the molecule is O=[N+]([O-])c1ccc(C=NN=Cc2ccccc2)o1. The lowest BCUT2D eigenvalue weighted by Gasteiger charge is -1.87. The molecule has 0 bridgehead atoms. The third-order valence-electron chi connectivity index (χ3n) is 2.05. The van der Waals surface area contributed by atoms with Crippen LogP contribution in [-0.4, -0.2) is 17.4 Å². The first-order chi connectivity index (χ1) is 8.75. The van der Waals surface area contributed by atoms with Gasteiger partial charge in [0.05, 0.1) is 18.5 Å². The molecule has 0 aliphatic heterocycles. The monoisotopic (exact) mass is 243 g/mol. The van der Waals surface area contributed by atoms with Gasteiger partial charge in [0.15, 0.2) is 5.76 Å². The molecule has 0 saturated carbocycles. The Morgan fingerprint density at radius 1 is 1.06 bits per heavy atom. The zero-order valence-corrected chi connectivity index (χ0v) is 9.26. The Labute approximate surface area is 102 Å². The maximum Gasteiger partial charge on any atom is 0.433 e. The van der Waals surface area contributed by atoms with Crippen LogP contribution in [0.2, 0.25) is 0 Å². The van der Waals surface area contributed by atoms with E-state index in [1.165, 1.54) is 18.3 Å². The van der Waals surface area contributed by atoms with Crippen LogP contribution in [0.5, 0.6) is 0 Å². The van der Waals surface area contributed by atoms with Gasteiger partial charge in [-0.1, -0.05) is 30.3 Å². The second kappa shape index (κ2) is 5.53. The third-order valence-corrected chi connectivity index (χ3v) is 2.05. The smallest absolute Gasteiger partial charge is 0.400 e. The number of hydrogen-bond acceptors (Lipinski definition) is 5. The molecule has 0 aliphatic carbocycles. The summed E-state index contributed by atoms with van der Waals surface area (Å²) < 4.78 is 4.88. The van der Waals surface area contributed by atoms with E-state index >= 15 is 0 Å². The van der Waals surface area contributed by atoms with Gasteiger partial charge in [-0.25, -0.2) is 0 Å². The van der Waals surface area contributed by atoms with Crippen LogP contribution >= 0.6 is 0 Å². The van der Waals surface area contributed by atoms with Gasteiger partial charge in [-0.15, -0.1) is 0 Å². The van der Waals surface area contributed by atoms with Crippen LogP contribution in [0.4, 0.5) is 5.88 Å². The maximum absolute atomic E-state index is 10.4. The van der Waals surface area contributed by atoms with Crippen molar-refractivity contribution in [1.29, 1.82) is 0 Å². The van der Waals surface area contributed by atoms with Crippen LogP contribution in [0.25, 0.3) is 0 Å². The van der Waals surface area contributed by atoms with Gasteiger partial charge in [0.2, 0.25) is 0 Å². The van der Waals surface area contributed by atoms with Gasteiger partial charge in [-0.3, -0.25) is 10.1 Å². The van der Waals surface area contributed by atoms with E-state index in [-0.39, 0.29) is 11.6 Å². The molecule has 0 atom stereocenters. The molecule has 90 valence electrons. The minimum absolute atomic E-state index is 0.284. The van der Waals surface area contributed by atoms with Crippen LogP contribution in [0.3, 0.4) is 0 Å². The van der Waals surface area contributed by atoms with Crippen molar-refractivity contribution in [3.8, 4) is 0 Å². The average Bonchev–Trinajstić information content (AvgIpc) is 2.85. The van der Waals surface area contributed by atoms with E-state index in [9.17, 15) is 10.1 Å². The number of nitrogens with zero attached hydrogens (tertiary/aromatic N) is 3. The van der Waals surface area contributed by atoms with Gasteiger partial charge >= 0.3 is 5.88 Å². The Hall–Kier alpha value is -2.76. The summed E-state index contributed by atoms with van der Waals surface area (Å²) >= 11 is 0. The first-order valence-electron chi connectivity index (χ1n) is 5.11. The molecule has 2 aromatic rings. The van der Waals surface area contributed by atoms with E-state index < -0.39 is 4.92 Å². The molecule has 18 heavy (non-hydrogen) atoms. The minimum atomic E-state index is -0.607. The summed E-state index contributed by atoms with van der Waals surface area (Å²) in [4.78, 5) is 9.76. The summed E-state index contributed by atoms with van der Waals surface area (Å²) in [5, 5.41) is 17.9. The van der Waals surface area contributed by atoms with Gasteiger partial charge in [0.25, 0.3) is 0 Å². The number of rotatable bonds is 4. The fourth-order valence-corrected chi connectivity index (χ4v) is 1.24. The Morgan fingerprint density at radius 3 is 2.44 bits per heavy atom. The van der Waals surface area contributed by atoms with Gasteiger partial charge in [-0.05, 0) is 11.6 Å². The van der Waals surface area contributed by atoms with Crippen molar-refractivity contribution in [2.75, 3.05) is 0 Å². The van der Waals surface area contributed by atoms with E-state index in [4.69, 9.17) is 4.42 Å². The highest BCUT2D eigenvalue weighted by atomic mass is 16.6. The molecule has 0 saturated heterocycles. The van der Waals surface area contributed by atoms with Crippen molar-refractivity contribution in [2.24, 2.45) is 10.2 Å². The first-order valence-corrected chi connectivity index (χ1v) is 5.11. The molecule has 1 aromatic heterocycles. The molecule has 2 rings (SSSR count). The van der Waals surface area contributed by atoms with E-state index in [1.54, 1.807) is 6.21 Å². The van der Waals surface area contributed by atoms with E-state index in [0.717, 1.165) is 5.56 Å². The van der Waals surface area contributed by atoms with Crippen molar-refractivity contribution in [3.63, 3.8) is 0 Å². The van der Waals surface area contributed by atoms with Crippen molar-refractivity contribution in [3.05, 3.63) is 63.9 Å². The van der Waals surface area contributed by atoms with Gasteiger partial charge in [0.1, 0.15) is 4.92 Å². The predicted molar refractivity (Wildman–Crippen MR) is 67.0 cm³/mol. The second-order valence-corrected chi connectivity index (χ2v) is 3.33. The summed E-state index contributed by atoms with van der Waals surface area (Å²) in [6.45, 7) is 0. The van der Waals surface area contributed by atoms with Crippen LogP contribution < -0.4 is 0 Å². The number of nitro groups is 1. The summed E-state index contributed by atoms with van der Waals surface area (Å²) in [6, 6.07) is 12.2. The van der Waals surface area contributed by atoms with Crippen molar-refractivity contribution in [2.45, 2.75) is 0 Å². The topological polar surface area (TPSA) is 81.0 Å². The molecule has 0 N–H and O–H groups in total. The van der Waals surface area contributed by atoms with Crippen LogP contribution in [0, 0.1) is 10.1 Å². The highest BCUT2D eigenvalue weighted by Gasteiger charge is 2.09. The molecule has 6 nitrogen and oxygen atoms in total. The van der Waals surface area contributed by atoms with Gasteiger partial charge in [-0.2, -0.15) is 10.2 Å². The molecule has 0 amide bonds.